The van der Waals surface area contributed by atoms with Crippen molar-refractivity contribution in [3.63, 3.8) is 0 Å². The van der Waals surface area contributed by atoms with Crippen LogP contribution in [0.25, 0.3) is 0 Å². The van der Waals surface area contributed by atoms with E-state index in [2.05, 4.69) is 5.32 Å². The van der Waals surface area contributed by atoms with Gasteiger partial charge in [-0.2, -0.15) is 0 Å². The number of hydrogen-bond donors (Lipinski definition) is 1. The minimum Gasteiger partial charge on any atom is -0.493 e. The maximum Gasteiger partial charge on any atom is 0.291 e. The van der Waals surface area contributed by atoms with Gasteiger partial charge in [-0.1, -0.05) is 0 Å². The maximum atomic E-state index is 12.0. The fraction of sp³-hybridized carbons (Fsp3) is 0.267. The molecule has 0 saturated heterocycles. The monoisotopic (exact) mass is 275 g/mol. The highest BCUT2D eigenvalue weighted by molar-refractivity contribution is 6.03. The van der Waals surface area contributed by atoms with Gasteiger partial charge in [-0.25, -0.2) is 0 Å². The second-order valence-electron chi connectivity index (χ2n) is 4.19. The fourth-order valence-electron chi connectivity index (χ4n) is 1.81. The first-order valence-electron chi connectivity index (χ1n) is 6.32. The van der Waals surface area contributed by atoms with Gasteiger partial charge in [0.15, 0.2) is 17.3 Å². The number of carbonyl (C=O) groups is 1. The third-order valence-corrected chi connectivity index (χ3v) is 2.79. The molecule has 1 aromatic heterocycles. The number of rotatable bonds is 5. The summed E-state index contributed by atoms with van der Waals surface area (Å²) in [6.45, 7) is 4.26. The number of anilines is 1. The van der Waals surface area contributed by atoms with Crippen molar-refractivity contribution in [2.24, 2.45) is 0 Å². The first-order valence-corrected chi connectivity index (χ1v) is 6.32. The average molecular weight is 275 g/mol. The molecule has 5 nitrogen and oxygen atoms in total. The van der Waals surface area contributed by atoms with E-state index in [9.17, 15) is 4.79 Å². The Hall–Kier alpha value is -2.43. The quantitative estimate of drug-likeness (QED) is 0.910. The van der Waals surface area contributed by atoms with Crippen molar-refractivity contribution in [3.05, 3.63) is 41.9 Å². The number of carbonyl (C=O) groups excluding carboxylic acids is 1. The zero-order valence-corrected chi connectivity index (χ0v) is 11.7. The number of aryl methyl sites for hydroxylation is 1. The van der Waals surface area contributed by atoms with Gasteiger partial charge in [0.25, 0.3) is 5.91 Å². The third kappa shape index (κ3) is 2.93. The van der Waals surface area contributed by atoms with Gasteiger partial charge in [-0.15, -0.1) is 0 Å². The van der Waals surface area contributed by atoms with E-state index in [4.69, 9.17) is 13.9 Å². The lowest BCUT2D eigenvalue weighted by molar-refractivity contribution is 0.0996. The molecule has 2 rings (SSSR count). The molecule has 0 unspecified atom stereocenters. The summed E-state index contributed by atoms with van der Waals surface area (Å²) >= 11 is 0. The molecule has 0 aliphatic heterocycles. The Balaban J connectivity index is 2.18. The van der Waals surface area contributed by atoms with Gasteiger partial charge < -0.3 is 19.2 Å². The summed E-state index contributed by atoms with van der Waals surface area (Å²) in [7, 11) is 1.56. The zero-order valence-electron chi connectivity index (χ0n) is 11.7. The third-order valence-electron chi connectivity index (χ3n) is 2.79. The van der Waals surface area contributed by atoms with Crippen molar-refractivity contribution in [2.45, 2.75) is 13.8 Å². The van der Waals surface area contributed by atoms with Gasteiger partial charge in [0.05, 0.1) is 20.0 Å². The number of furan rings is 1. The van der Waals surface area contributed by atoms with Crippen LogP contribution in [0.15, 0.2) is 34.9 Å². The predicted octanol–water partition coefficient (Wildman–Crippen LogP) is 3.25. The molecule has 0 radical (unpaired) electrons. The van der Waals surface area contributed by atoms with Crippen molar-refractivity contribution in [1.29, 1.82) is 0 Å². The summed E-state index contributed by atoms with van der Waals surface area (Å²) in [4.78, 5) is 12.0. The Bertz CT molecular complexity index is 604. The van der Waals surface area contributed by atoms with E-state index in [1.54, 1.807) is 31.4 Å². The normalized spacial score (nSPS) is 10.2. The molecule has 20 heavy (non-hydrogen) atoms. The van der Waals surface area contributed by atoms with E-state index in [0.717, 1.165) is 5.56 Å². The lowest BCUT2D eigenvalue weighted by Crippen LogP contribution is -2.12. The zero-order chi connectivity index (χ0) is 14.5. The Morgan fingerprint density at radius 1 is 1.30 bits per heavy atom. The van der Waals surface area contributed by atoms with Crippen molar-refractivity contribution >= 4 is 11.6 Å². The Labute approximate surface area is 117 Å². The molecule has 0 aliphatic carbocycles. The number of amides is 1. The molecule has 106 valence electrons. The first kappa shape index (κ1) is 14.0. The number of hydrogen-bond acceptors (Lipinski definition) is 4. The molecular formula is C15H17NO4. The molecule has 0 spiro atoms. The van der Waals surface area contributed by atoms with Crippen LogP contribution in [0.1, 0.15) is 23.0 Å². The predicted molar refractivity (Wildman–Crippen MR) is 75.6 cm³/mol. The van der Waals surface area contributed by atoms with Crippen LogP contribution in [0, 0.1) is 6.92 Å². The van der Waals surface area contributed by atoms with Crippen molar-refractivity contribution in [3.8, 4) is 11.5 Å². The highest BCUT2D eigenvalue weighted by Crippen LogP contribution is 2.30. The van der Waals surface area contributed by atoms with Gasteiger partial charge >= 0.3 is 0 Å². The van der Waals surface area contributed by atoms with Crippen LogP contribution in [0.2, 0.25) is 0 Å². The summed E-state index contributed by atoms with van der Waals surface area (Å²) in [5.74, 6) is 1.22. The molecule has 2 aromatic rings. The van der Waals surface area contributed by atoms with Crippen LogP contribution >= 0.6 is 0 Å². The van der Waals surface area contributed by atoms with Crippen molar-refractivity contribution < 1.29 is 18.7 Å². The molecule has 1 amide bonds. The summed E-state index contributed by atoms with van der Waals surface area (Å²) < 4.78 is 15.8. The van der Waals surface area contributed by atoms with E-state index in [0.29, 0.717) is 29.6 Å². The molecule has 0 saturated carbocycles. The molecule has 0 fully saturated rings. The fourth-order valence-corrected chi connectivity index (χ4v) is 1.81. The van der Waals surface area contributed by atoms with Crippen molar-refractivity contribution in [1.82, 2.24) is 0 Å². The largest absolute Gasteiger partial charge is 0.493 e. The van der Waals surface area contributed by atoms with Crippen molar-refractivity contribution in [2.75, 3.05) is 19.0 Å². The Kier molecular flexibility index (Phi) is 4.30. The smallest absolute Gasteiger partial charge is 0.291 e. The summed E-state index contributed by atoms with van der Waals surface area (Å²) in [5.41, 5.74) is 1.41. The minimum atomic E-state index is -0.293. The molecule has 1 heterocycles. The topological polar surface area (TPSA) is 60.7 Å². The molecule has 0 aliphatic rings. The minimum absolute atomic E-state index is 0.293. The van der Waals surface area contributed by atoms with Gasteiger partial charge in [0.1, 0.15) is 0 Å². The van der Waals surface area contributed by atoms with Gasteiger partial charge in [0.2, 0.25) is 0 Å². The number of ether oxygens (including phenoxy) is 2. The second-order valence-corrected chi connectivity index (χ2v) is 4.19. The summed E-state index contributed by atoms with van der Waals surface area (Å²) in [5, 5.41) is 2.76. The number of benzene rings is 1. The first-order chi connectivity index (χ1) is 9.65. The average Bonchev–Trinajstić information content (AvgIpc) is 2.87. The standard InChI is InChI=1S/C15H17NO4/c1-4-19-12-6-5-11(9-13(12)18-3)16-15(17)14-10(2)7-8-20-14/h5-9H,4H2,1-3H3,(H,16,17). The highest BCUT2D eigenvalue weighted by Gasteiger charge is 2.14. The highest BCUT2D eigenvalue weighted by atomic mass is 16.5. The SMILES string of the molecule is CCOc1ccc(NC(=O)c2occc2C)cc1OC. The number of methoxy groups -OCH3 is 1. The van der Waals surface area contributed by atoms with Crippen LogP contribution in [0.4, 0.5) is 5.69 Å². The molecular weight excluding hydrogens is 258 g/mol. The van der Waals surface area contributed by atoms with Gasteiger partial charge in [-0.3, -0.25) is 4.79 Å². The maximum absolute atomic E-state index is 12.0. The Morgan fingerprint density at radius 3 is 2.70 bits per heavy atom. The van der Waals surface area contributed by atoms with Crippen LogP contribution in [0.5, 0.6) is 11.5 Å². The van der Waals surface area contributed by atoms with E-state index >= 15 is 0 Å². The van der Waals surface area contributed by atoms with Crippen LogP contribution < -0.4 is 14.8 Å². The van der Waals surface area contributed by atoms with Crippen LogP contribution in [-0.4, -0.2) is 19.6 Å². The van der Waals surface area contributed by atoms with E-state index < -0.39 is 0 Å². The summed E-state index contributed by atoms with van der Waals surface area (Å²) in [6, 6.07) is 6.96. The lowest BCUT2D eigenvalue weighted by atomic mass is 10.2. The van der Waals surface area contributed by atoms with E-state index in [1.165, 1.54) is 6.26 Å². The second kappa shape index (κ2) is 6.14. The molecule has 1 N–H and O–H groups in total. The molecule has 5 heteroatoms. The molecule has 1 aromatic carbocycles. The molecule has 0 atom stereocenters. The van der Waals surface area contributed by atoms with Crippen LogP contribution in [0.3, 0.4) is 0 Å². The summed E-state index contributed by atoms with van der Waals surface area (Å²) in [6.07, 6.45) is 1.49. The van der Waals surface area contributed by atoms with Crippen LogP contribution in [-0.2, 0) is 0 Å². The van der Waals surface area contributed by atoms with E-state index in [-0.39, 0.29) is 5.91 Å². The van der Waals surface area contributed by atoms with E-state index in [1.807, 2.05) is 13.8 Å². The Morgan fingerprint density at radius 2 is 2.10 bits per heavy atom. The molecule has 0 bridgehead atoms. The van der Waals surface area contributed by atoms with Gasteiger partial charge in [-0.05, 0) is 32.0 Å². The number of nitrogens with one attached hydrogen (secondary N) is 1. The van der Waals surface area contributed by atoms with Gasteiger partial charge in [0, 0.05) is 17.3 Å². The lowest BCUT2D eigenvalue weighted by Gasteiger charge is -2.11.